The van der Waals surface area contributed by atoms with Crippen molar-refractivity contribution in [1.29, 1.82) is 0 Å². The minimum Gasteiger partial charge on any atom is -0.392 e. The number of nitrogens with one attached hydrogen (secondary N) is 1. The van der Waals surface area contributed by atoms with E-state index in [0.717, 1.165) is 5.56 Å². The first-order valence-electron chi connectivity index (χ1n) is 5.97. The van der Waals surface area contributed by atoms with E-state index in [1.54, 1.807) is 13.8 Å². The van der Waals surface area contributed by atoms with Crippen LogP contribution in [0.15, 0.2) is 30.3 Å². The highest BCUT2D eigenvalue weighted by atomic mass is 16.3. The minimum absolute atomic E-state index is 0.398. The fourth-order valence-electron chi connectivity index (χ4n) is 1.45. The molecule has 0 amide bonds. The highest BCUT2D eigenvalue weighted by molar-refractivity contribution is 5.21. The van der Waals surface area contributed by atoms with E-state index in [1.165, 1.54) is 0 Å². The molecular formula is C14H23NO2. The summed E-state index contributed by atoms with van der Waals surface area (Å²) in [6.07, 6.45) is -0.478. The molecular weight excluding hydrogens is 214 g/mol. The van der Waals surface area contributed by atoms with Crippen LogP contribution in [0.4, 0.5) is 0 Å². The van der Waals surface area contributed by atoms with Crippen molar-refractivity contribution in [2.75, 3.05) is 6.54 Å². The van der Waals surface area contributed by atoms with Crippen LogP contribution in [0, 0.1) is 0 Å². The number of hydrogen-bond donors (Lipinski definition) is 3. The predicted molar refractivity (Wildman–Crippen MR) is 69.8 cm³/mol. The van der Waals surface area contributed by atoms with Gasteiger partial charge in [-0.1, -0.05) is 30.3 Å². The second-order valence-electron chi connectivity index (χ2n) is 5.39. The number of rotatable bonds is 5. The molecule has 2 atom stereocenters. The van der Waals surface area contributed by atoms with Crippen molar-refractivity contribution < 1.29 is 10.2 Å². The molecule has 0 radical (unpaired) electrons. The van der Waals surface area contributed by atoms with Crippen LogP contribution < -0.4 is 5.32 Å². The SMILES string of the molecule is CC(O)C(C)(C)NCC(C)(O)c1ccccc1. The molecule has 0 fully saturated rings. The Morgan fingerprint density at radius 1 is 1.18 bits per heavy atom. The number of aliphatic hydroxyl groups excluding tert-OH is 1. The topological polar surface area (TPSA) is 52.5 Å². The van der Waals surface area contributed by atoms with Crippen molar-refractivity contribution >= 4 is 0 Å². The number of hydrogen-bond acceptors (Lipinski definition) is 3. The van der Waals surface area contributed by atoms with Gasteiger partial charge in [-0.2, -0.15) is 0 Å². The third kappa shape index (κ3) is 3.80. The summed E-state index contributed by atoms with van der Waals surface area (Å²) in [6, 6.07) is 9.54. The van der Waals surface area contributed by atoms with E-state index in [1.807, 2.05) is 44.2 Å². The standard InChI is InChI=1S/C14H23NO2/c1-11(16)13(2,3)15-10-14(4,17)12-8-6-5-7-9-12/h5-9,11,15-17H,10H2,1-4H3. The normalized spacial score (nSPS) is 17.5. The van der Waals surface area contributed by atoms with Crippen LogP contribution in [-0.2, 0) is 5.60 Å². The largest absolute Gasteiger partial charge is 0.392 e. The zero-order chi connectivity index (χ0) is 13.1. The second kappa shape index (κ2) is 5.17. The van der Waals surface area contributed by atoms with Gasteiger partial charge in [0.15, 0.2) is 0 Å². The third-order valence-corrected chi connectivity index (χ3v) is 3.33. The quantitative estimate of drug-likeness (QED) is 0.730. The van der Waals surface area contributed by atoms with Gasteiger partial charge >= 0.3 is 0 Å². The summed E-state index contributed by atoms with van der Waals surface area (Å²) in [5.74, 6) is 0. The van der Waals surface area contributed by atoms with Gasteiger partial charge in [-0.15, -0.1) is 0 Å². The molecule has 0 aliphatic rings. The van der Waals surface area contributed by atoms with Gasteiger partial charge in [-0.3, -0.25) is 0 Å². The predicted octanol–water partition coefficient (Wildman–Crippen LogP) is 1.64. The van der Waals surface area contributed by atoms with E-state index in [-0.39, 0.29) is 0 Å². The van der Waals surface area contributed by atoms with Crippen molar-refractivity contribution in [3.05, 3.63) is 35.9 Å². The summed E-state index contributed by atoms with van der Waals surface area (Å²) >= 11 is 0. The first-order valence-corrected chi connectivity index (χ1v) is 5.97. The zero-order valence-corrected chi connectivity index (χ0v) is 11.1. The molecule has 17 heavy (non-hydrogen) atoms. The van der Waals surface area contributed by atoms with Crippen LogP contribution in [-0.4, -0.2) is 28.4 Å². The molecule has 0 spiro atoms. The molecule has 3 nitrogen and oxygen atoms in total. The maximum atomic E-state index is 10.4. The lowest BCUT2D eigenvalue weighted by Crippen LogP contribution is -2.52. The van der Waals surface area contributed by atoms with Gasteiger partial charge in [-0.25, -0.2) is 0 Å². The van der Waals surface area contributed by atoms with Crippen molar-refractivity contribution in [3.63, 3.8) is 0 Å². The number of aliphatic hydroxyl groups is 2. The van der Waals surface area contributed by atoms with E-state index in [9.17, 15) is 10.2 Å². The summed E-state index contributed by atoms with van der Waals surface area (Å²) in [6.45, 7) is 7.74. The average molecular weight is 237 g/mol. The second-order valence-corrected chi connectivity index (χ2v) is 5.39. The van der Waals surface area contributed by atoms with Gasteiger partial charge in [0, 0.05) is 12.1 Å². The maximum absolute atomic E-state index is 10.4. The van der Waals surface area contributed by atoms with E-state index in [0.29, 0.717) is 6.54 Å². The van der Waals surface area contributed by atoms with Crippen molar-refractivity contribution in [2.24, 2.45) is 0 Å². The lowest BCUT2D eigenvalue weighted by Gasteiger charge is -2.34. The van der Waals surface area contributed by atoms with E-state index >= 15 is 0 Å². The molecule has 3 heteroatoms. The van der Waals surface area contributed by atoms with E-state index < -0.39 is 17.2 Å². The Balaban J connectivity index is 2.69. The Bertz CT molecular complexity index is 344. The monoisotopic (exact) mass is 237 g/mol. The van der Waals surface area contributed by atoms with E-state index in [4.69, 9.17) is 0 Å². The van der Waals surface area contributed by atoms with Gasteiger partial charge in [0.2, 0.25) is 0 Å². The molecule has 96 valence electrons. The summed E-state index contributed by atoms with van der Waals surface area (Å²) < 4.78 is 0. The van der Waals surface area contributed by atoms with Gasteiger partial charge in [0.05, 0.1) is 11.7 Å². The fraction of sp³-hybridized carbons (Fsp3) is 0.571. The Hall–Kier alpha value is -0.900. The fourth-order valence-corrected chi connectivity index (χ4v) is 1.45. The highest BCUT2D eigenvalue weighted by Gasteiger charge is 2.29. The molecule has 2 unspecified atom stereocenters. The van der Waals surface area contributed by atoms with Gasteiger partial charge in [-0.05, 0) is 33.3 Å². The average Bonchev–Trinajstić information content (AvgIpc) is 2.28. The molecule has 1 aromatic rings. The lowest BCUT2D eigenvalue weighted by atomic mass is 9.93. The summed E-state index contributed by atoms with van der Waals surface area (Å²) in [5, 5.41) is 23.2. The van der Waals surface area contributed by atoms with Crippen LogP contribution in [0.5, 0.6) is 0 Å². The molecule has 0 bridgehead atoms. The summed E-state index contributed by atoms with van der Waals surface area (Å²) in [7, 11) is 0. The molecule has 0 aliphatic heterocycles. The number of benzene rings is 1. The Kier molecular flexibility index (Phi) is 4.31. The van der Waals surface area contributed by atoms with Crippen molar-refractivity contribution in [2.45, 2.75) is 44.9 Å². The Labute approximate surface area is 103 Å². The summed E-state index contributed by atoms with van der Waals surface area (Å²) in [4.78, 5) is 0. The molecule has 1 aromatic carbocycles. The third-order valence-electron chi connectivity index (χ3n) is 3.33. The Morgan fingerprint density at radius 2 is 1.71 bits per heavy atom. The number of β-amino-alcohol motifs (C(OH)–C–C–N with tert-alkyl or cyclic N) is 1. The first-order chi connectivity index (χ1) is 7.76. The van der Waals surface area contributed by atoms with Gasteiger partial charge in [0.25, 0.3) is 0 Å². The maximum Gasteiger partial charge on any atom is 0.0992 e. The van der Waals surface area contributed by atoms with Gasteiger partial charge < -0.3 is 15.5 Å². The van der Waals surface area contributed by atoms with Gasteiger partial charge in [0.1, 0.15) is 0 Å². The van der Waals surface area contributed by atoms with Crippen molar-refractivity contribution in [1.82, 2.24) is 5.32 Å². The molecule has 0 aliphatic carbocycles. The zero-order valence-electron chi connectivity index (χ0n) is 11.1. The summed E-state index contributed by atoms with van der Waals surface area (Å²) in [5.41, 5.74) is -0.486. The van der Waals surface area contributed by atoms with Crippen LogP contribution in [0.3, 0.4) is 0 Å². The molecule has 0 saturated heterocycles. The minimum atomic E-state index is -0.937. The van der Waals surface area contributed by atoms with Crippen LogP contribution in [0.1, 0.15) is 33.3 Å². The van der Waals surface area contributed by atoms with Crippen molar-refractivity contribution in [3.8, 4) is 0 Å². The Morgan fingerprint density at radius 3 is 2.18 bits per heavy atom. The first kappa shape index (κ1) is 14.2. The van der Waals surface area contributed by atoms with Crippen LogP contribution in [0.25, 0.3) is 0 Å². The van der Waals surface area contributed by atoms with Crippen LogP contribution >= 0.6 is 0 Å². The smallest absolute Gasteiger partial charge is 0.0992 e. The van der Waals surface area contributed by atoms with E-state index in [2.05, 4.69) is 5.32 Å². The lowest BCUT2D eigenvalue weighted by molar-refractivity contribution is 0.0298. The van der Waals surface area contributed by atoms with Crippen LogP contribution in [0.2, 0.25) is 0 Å². The molecule has 0 saturated carbocycles. The molecule has 0 aromatic heterocycles. The molecule has 3 N–H and O–H groups in total. The molecule has 1 rings (SSSR count). The highest BCUT2D eigenvalue weighted by Crippen LogP contribution is 2.20. The molecule has 0 heterocycles.